The smallest absolute Gasteiger partial charge is 0.191 e. The second-order valence-corrected chi connectivity index (χ2v) is 10.4. The molecule has 6 nitrogen and oxygen atoms in total. The highest BCUT2D eigenvalue weighted by atomic mass is 127. The summed E-state index contributed by atoms with van der Waals surface area (Å²) < 4.78 is 23.6. The van der Waals surface area contributed by atoms with E-state index in [1.54, 1.807) is 20.8 Å². The molecule has 0 bridgehead atoms. The van der Waals surface area contributed by atoms with E-state index in [9.17, 15) is 8.42 Å². The summed E-state index contributed by atoms with van der Waals surface area (Å²) in [4.78, 5) is 6.94. The van der Waals surface area contributed by atoms with Crippen LogP contribution in [-0.2, 0) is 9.84 Å². The Kier molecular flexibility index (Phi) is 13.4. The van der Waals surface area contributed by atoms with Gasteiger partial charge in [0.25, 0.3) is 0 Å². The van der Waals surface area contributed by atoms with Crippen LogP contribution in [0, 0.1) is 0 Å². The van der Waals surface area contributed by atoms with Gasteiger partial charge in [-0.05, 0) is 55.4 Å². The number of sulfone groups is 1. The summed E-state index contributed by atoms with van der Waals surface area (Å²) in [7, 11) is -3.12. The number of rotatable bonds is 9. The minimum Gasteiger partial charge on any atom is -0.357 e. The minimum absolute atomic E-state index is 0. The van der Waals surface area contributed by atoms with E-state index >= 15 is 0 Å². The van der Waals surface area contributed by atoms with E-state index < -0.39 is 14.6 Å². The van der Waals surface area contributed by atoms with Crippen molar-refractivity contribution in [3.8, 4) is 0 Å². The van der Waals surface area contributed by atoms with Gasteiger partial charge in [0.2, 0.25) is 0 Å². The third-order valence-corrected chi connectivity index (χ3v) is 6.50. The first-order valence-electron chi connectivity index (χ1n) is 8.92. The predicted molar refractivity (Wildman–Crippen MR) is 120 cm³/mol. The van der Waals surface area contributed by atoms with Crippen LogP contribution in [0.1, 0.15) is 55.4 Å². The summed E-state index contributed by atoms with van der Waals surface area (Å²) in [6.07, 6.45) is 0. The van der Waals surface area contributed by atoms with Gasteiger partial charge >= 0.3 is 0 Å². The standard InChI is InChI=1S/C17H38N4O2S.HI/c1-9-18-16(19-10-12-21(14(2)3)15(4)5)20-11-13-24(22,23)17(6,7)8;/h14-15H,9-13H2,1-8H3,(H2,18,19,20);1H. The zero-order valence-corrected chi connectivity index (χ0v) is 20.4. The Hall–Kier alpha value is -0.0900. The molecule has 8 heteroatoms. The Morgan fingerprint density at radius 2 is 1.60 bits per heavy atom. The molecule has 0 aliphatic heterocycles. The van der Waals surface area contributed by atoms with Crippen LogP contribution < -0.4 is 10.6 Å². The second-order valence-electron chi connectivity index (χ2n) is 7.54. The van der Waals surface area contributed by atoms with Gasteiger partial charge in [0.15, 0.2) is 15.8 Å². The Morgan fingerprint density at radius 1 is 1.08 bits per heavy atom. The summed E-state index contributed by atoms with van der Waals surface area (Å²) in [5.41, 5.74) is 0. The molecule has 0 heterocycles. The van der Waals surface area contributed by atoms with Gasteiger partial charge < -0.3 is 10.6 Å². The fourth-order valence-corrected chi connectivity index (χ4v) is 3.32. The molecule has 0 saturated heterocycles. The SMILES string of the molecule is CCNC(=NCCN(C(C)C)C(C)C)NCCS(=O)(=O)C(C)(C)C.I. The molecule has 0 aliphatic rings. The number of hydrogen-bond donors (Lipinski definition) is 2. The highest BCUT2D eigenvalue weighted by molar-refractivity contribution is 14.0. The predicted octanol–water partition coefficient (Wildman–Crippen LogP) is 2.49. The van der Waals surface area contributed by atoms with Crippen LogP contribution >= 0.6 is 24.0 Å². The van der Waals surface area contributed by atoms with Crippen molar-refractivity contribution >= 4 is 39.8 Å². The van der Waals surface area contributed by atoms with Gasteiger partial charge in [-0.25, -0.2) is 8.42 Å². The average molecular weight is 490 g/mol. The highest BCUT2D eigenvalue weighted by Crippen LogP contribution is 2.15. The summed E-state index contributed by atoms with van der Waals surface area (Å²) in [6.45, 7) is 18.6. The van der Waals surface area contributed by atoms with Crippen molar-refractivity contribution in [1.82, 2.24) is 15.5 Å². The molecule has 0 spiro atoms. The monoisotopic (exact) mass is 490 g/mol. The maximum Gasteiger partial charge on any atom is 0.191 e. The minimum atomic E-state index is -3.12. The maximum atomic E-state index is 12.1. The lowest BCUT2D eigenvalue weighted by molar-refractivity contribution is 0.181. The lowest BCUT2D eigenvalue weighted by Crippen LogP contribution is -2.43. The van der Waals surface area contributed by atoms with Gasteiger partial charge in [-0.15, -0.1) is 24.0 Å². The Bertz CT molecular complexity index is 477. The van der Waals surface area contributed by atoms with Crippen molar-refractivity contribution in [2.24, 2.45) is 4.99 Å². The van der Waals surface area contributed by atoms with E-state index in [4.69, 9.17) is 0 Å². The second kappa shape index (κ2) is 12.3. The molecule has 0 atom stereocenters. The Labute approximate surface area is 172 Å². The molecular formula is C17H39IN4O2S. The van der Waals surface area contributed by atoms with Crippen molar-refractivity contribution < 1.29 is 8.42 Å². The molecule has 0 unspecified atom stereocenters. The van der Waals surface area contributed by atoms with Crippen LogP contribution in [0.25, 0.3) is 0 Å². The fraction of sp³-hybridized carbons (Fsp3) is 0.941. The van der Waals surface area contributed by atoms with Gasteiger partial charge in [0.1, 0.15) is 0 Å². The van der Waals surface area contributed by atoms with Crippen molar-refractivity contribution in [1.29, 1.82) is 0 Å². The number of nitrogens with zero attached hydrogens (tertiary/aromatic N) is 2. The van der Waals surface area contributed by atoms with E-state index in [2.05, 4.69) is 48.2 Å². The largest absolute Gasteiger partial charge is 0.357 e. The zero-order chi connectivity index (χ0) is 19.0. The van der Waals surface area contributed by atoms with E-state index in [1.165, 1.54) is 0 Å². The summed E-state index contributed by atoms with van der Waals surface area (Å²) in [6, 6.07) is 0.959. The molecule has 25 heavy (non-hydrogen) atoms. The first-order valence-corrected chi connectivity index (χ1v) is 10.6. The first-order chi connectivity index (χ1) is 10.9. The topological polar surface area (TPSA) is 73.8 Å². The van der Waals surface area contributed by atoms with Gasteiger partial charge in [-0.1, -0.05) is 0 Å². The molecule has 0 aromatic rings. The zero-order valence-electron chi connectivity index (χ0n) is 17.2. The van der Waals surface area contributed by atoms with Gasteiger partial charge in [-0.2, -0.15) is 0 Å². The third-order valence-electron chi connectivity index (χ3n) is 3.90. The van der Waals surface area contributed by atoms with Crippen LogP contribution in [0.2, 0.25) is 0 Å². The Balaban J connectivity index is 0. The van der Waals surface area contributed by atoms with Crippen LogP contribution in [0.3, 0.4) is 0 Å². The number of hydrogen-bond acceptors (Lipinski definition) is 4. The van der Waals surface area contributed by atoms with Crippen LogP contribution in [-0.4, -0.2) is 68.0 Å². The lowest BCUT2D eigenvalue weighted by Gasteiger charge is -2.29. The van der Waals surface area contributed by atoms with E-state index in [-0.39, 0.29) is 29.7 Å². The van der Waals surface area contributed by atoms with E-state index in [1.807, 2.05) is 6.92 Å². The van der Waals surface area contributed by atoms with E-state index in [0.29, 0.717) is 31.1 Å². The lowest BCUT2D eigenvalue weighted by atomic mass is 10.2. The Morgan fingerprint density at radius 3 is 2.00 bits per heavy atom. The van der Waals surface area contributed by atoms with Gasteiger partial charge in [0, 0.05) is 31.7 Å². The van der Waals surface area contributed by atoms with E-state index in [0.717, 1.165) is 13.1 Å². The molecule has 0 aromatic carbocycles. The molecule has 0 fully saturated rings. The average Bonchev–Trinajstić information content (AvgIpc) is 2.41. The molecule has 2 N–H and O–H groups in total. The normalized spacial score (nSPS) is 13.3. The quantitative estimate of drug-likeness (QED) is 0.295. The molecule has 0 aliphatic carbocycles. The van der Waals surface area contributed by atoms with Crippen molar-refractivity contribution in [2.45, 2.75) is 72.2 Å². The number of halogens is 1. The van der Waals surface area contributed by atoms with Crippen LogP contribution in [0.5, 0.6) is 0 Å². The van der Waals surface area contributed by atoms with Gasteiger partial charge in [-0.3, -0.25) is 9.89 Å². The molecule has 0 radical (unpaired) electrons. The molecule has 0 saturated carbocycles. The van der Waals surface area contributed by atoms with Crippen LogP contribution in [0.15, 0.2) is 4.99 Å². The maximum absolute atomic E-state index is 12.1. The number of nitrogens with one attached hydrogen (secondary N) is 2. The molecule has 0 rings (SSSR count). The first kappa shape index (κ1) is 27.1. The van der Waals surface area contributed by atoms with Crippen molar-refractivity contribution in [2.75, 3.05) is 31.9 Å². The summed E-state index contributed by atoms with van der Waals surface area (Å²) in [5, 5.41) is 6.29. The summed E-state index contributed by atoms with van der Waals surface area (Å²) in [5.74, 6) is 0.777. The molecule has 152 valence electrons. The fourth-order valence-electron chi connectivity index (χ4n) is 2.34. The number of aliphatic imine (C=N–C) groups is 1. The van der Waals surface area contributed by atoms with Crippen LogP contribution in [0.4, 0.5) is 0 Å². The van der Waals surface area contributed by atoms with Gasteiger partial charge in [0.05, 0.1) is 17.0 Å². The highest BCUT2D eigenvalue weighted by Gasteiger charge is 2.28. The third kappa shape index (κ3) is 10.6. The molecular weight excluding hydrogens is 451 g/mol. The number of guanidine groups is 1. The van der Waals surface area contributed by atoms with Crippen molar-refractivity contribution in [3.63, 3.8) is 0 Å². The molecule has 0 amide bonds. The molecule has 0 aromatic heterocycles. The van der Waals surface area contributed by atoms with Crippen molar-refractivity contribution in [3.05, 3.63) is 0 Å². The summed E-state index contributed by atoms with van der Waals surface area (Å²) >= 11 is 0.